The highest BCUT2D eigenvalue weighted by molar-refractivity contribution is 5.94. The van der Waals surface area contributed by atoms with Crippen LogP contribution in [0.3, 0.4) is 0 Å². The molecule has 5 rings (SSSR count). The molecule has 2 aliphatic heterocycles. The average Bonchev–Trinajstić information content (AvgIpc) is 3.25. The third kappa shape index (κ3) is 2.86. The van der Waals surface area contributed by atoms with Gasteiger partial charge in [-0.1, -0.05) is 30.3 Å². The Labute approximate surface area is 169 Å². The summed E-state index contributed by atoms with van der Waals surface area (Å²) in [4.78, 5) is 34.6. The molecule has 2 saturated heterocycles. The molecule has 1 amide bonds. The van der Waals surface area contributed by atoms with Gasteiger partial charge in [-0.25, -0.2) is 4.98 Å². The van der Waals surface area contributed by atoms with Gasteiger partial charge >= 0.3 is 0 Å². The summed E-state index contributed by atoms with van der Waals surface area (Å²) < 4.78 is 1.44. The molecular weight excluding hydrogens is 364 g/mol. The van der Waals surface area contributed by atoms with Gasteiger partial charge in [0.15, 0.2) is 0 Å². The summed E-state index contributed by atoms with van der Waals surface area (Å²) >= 11 is 0. The van der Waals surface area contributed by atoms with Crippen LogP contribution in [0, 0.1) is 18.8 Å². The maximum Gasteiger partial charge on any atom is 0.270 e. The summed E-state index contributed by atoms with van der Waals surface area (Å²) in [6.45, 7) is 4.47. The first-order valence-corrected chi connectivity index (χ1v) is 10.1. The molecule has 0 radical (unpaired) electrons. The fourth-order valence-corrected chi connectivity index (χ4v) is 5.15. The molecule has 29 heavy (non-hydrogen) atoms. The number of amides is 1. The van der Waals surface area contributed by atoms with Crippen LogP contribution in [0.15, 0.2) is 59.7 Å². The lowest BCUT2D eigenvalue weighted by atomic mass is 9.88. The van der Waals surface area contributed by atoms with Gasteiger partial charge in [-0.3, -0.25) is 18.9 Å². The molecule has 2 fully saturated rings. The van der Waals surface area contributed by atoms with E-state index in [-0.39, 0.29) is 17.0 Å². The van der Waals surface area contributed by atoms with E-state index in [1.54, 1.807) is 18.3 Å². The van der Waals surface area contributed by atoms with Crippen LogP contribution in [-0.4, -0.2) is 51.8 Å². The normalized spacial score (nSPS) is 24.2. The Morgan fingerprint density at radius 1 is 1.07 bits per heavy atom. The Balaban J connectivity index is 1.44. The molecule has 6 nitrogen and oxygen atoms in total. The number of benzene rings is 1. The van der Waals surface area contributed by atoms with Gasteiger partial charge in [-0.15, -0.1) is 0 Å². The third-order valence-corrected chi connectivity index (χ3v) is 6.53. The molecule has 0 aliphatic carbocycles. The van der Waals surface area contributed by atoms with Crippen molar-refractivity contribution in [3.63, 3.8) is 0 Å². The lowest BCUT2D eigenvalue weighted by Gasteiger charge is -2.28. The number of nitrogens with zero attached hydrogens (tertiary/aromatic N) is 4. The Hall–Kier alpha value is -2.99. The highest BCUT2D eigenvalue weighted by Gasteiger charge is 2.47. The zero-order valence-corrected chi connectivity index (χ0v) is 16.7. The monoisotopic (exact) mass is 388 g/mol. The molecule has 2 aromatic heterocycles. The first-order chi connectivity index (χ1) is 14.0. The van der Waals surface area contributed by atoms with E-state index in [1.165, 1.54) is 21.7 Å². The van der Waals surface area contributed by atoms with Crippen LogP contribution >= 0.6 is 0 Å². The smallest absolute Gasteiger partial charge is 0.270 e. The van der Waals surface area contributed by atoms with E-state index < -0.39 is 0 Å². The van der Waals surface area contributed by atoms with Gasteiger partial charge < -0.3 is 4.90 Å². The maximum atomic E-state index is 13.2. The first-order valence-electron chi connectivity index (χ1n) is 10.1. The molecule has 6 heteroatoms. The van der Waals surface area contributed by atoms with Crippen molar-refractivity contribution in [3.8, 4) is 0 Å². The van der Waals surface area contributed by atoms with Crippen molar-refractivity contribution in [2.45, 2.75) is 13.0 Å². The lowest BCUT2D eigenvalue weighted by Crippen LogP contribution is -2.37. The van der Waals surface area contributed by atoms with Crippen molar-refractivity contribution in [1.29, 1.82) is 0 Å². The first kappa shape index (κ1) is 18.1. The van der Waals surface area contributed by atoms with Crippen molar-refractivity contribution < 1.29 is 4.79 Å². The quantitative estimate of drug-likeness (QED) is 0.676. The number of aryl methyl sites for hydroxylation is 1. The second-order valence-corrected chi connectivity index (χ2v) is 8.28. The van der Waals surface area contributed by atoms with Crippen LogP contribution in [0.4, 0.5) is 0 Å². The fraction of sp³-hybridized carbons (Fsp3) is 0.348. The van der Waals surface area contributed by atoms with Crippen LogP contribution in [-0.2, 0) is 0 Å². The Bertz CT molecular complexity index is 1150. The molecule has 0 unspecified atom stereocenters. The van der Waals surface area contributed by atoms with Crippen molar-refractivity contribution in [3.05, 3.63) is 81.9 Å². The molecule has 3 atom stereocenters. The number of aromatic nitrogens is 2. The van der Waals surface area contributed by atoms with Gasteiger partial charge in [0, 0.05) is 44.0 Å². The van der Waals surface area contributed by atoms with E-state index >= 15 is 0 Å². The largest absolute Gasteiger partial charge is 0.338 e. The van der Waals surface area contributed by atoms with Crippen LogP contribution in [0.25, 0.3) is 5.65 Å². The molecule has 1 aromatic carbocycles. The number of carbonyl (C=O) groups excluding carboxylic acids is 1. The fourth-order valence-electron chi connectivity index (χ4n) is 5.15. The van der Waals surface area contributed by atoms with E-state index in [4.69, 9.17) is 0 Å². The lowest BCUT2D eigenvalue weighted by molar-refractivity contribution is 0.0765. The number of carbonyl (C=O) groups is 1. The van der Waals surface area contributed by atoms with Crippen molar-refractivity contribution in [1.82, 2.24) is 19.2 Å². The molecule has 148 valence electrons. The van der Waals surface area contributed by atoms with Crippen molar-refractivity contribution in [2.24, 2.45) is 11.8 Å². The van der Waals surface area contributed by atoms with E-state index in [2.05, 4.69) is 48.1 Å². The number of hydrogen-bond donors (Lipinski definition) is 0. The van der Waals surface area contributed by atoms with Crippen LogP contribution in [0.2, 0.25) is 0 Å². The van der Waals surface area contributed by atoms with Crippen LogP contribution in [0.1, 0.15) is 27.5 Å². The standard InChI is InChI=1S/C23H24N4O2/c1-15-7-3-4-8-17(15)21-19-14-26(13-16(19)12-25(21)2)22(28)18-11-24-20-9-5-6-10-27(20)23(18)29/h3-11,16,19,21H,12-14H2,1-2H3/t16-,19+,21+/m0/s1. The second-order valence-electron chi connectivity index (χ2n) is 8.28. The molecule has 0 N–H and O–H groups in total. The molecule has 4 heterocycles. The number of likely N-dealkylation sites (tertiary alicyclic amines) is 2. The van der Waals surface area contributed by atoms with E-state index in [1.807, 2.05) is 11.0 Å². The van der Waals surface area contributed by atoms with Gasteiger partial charge in [-0.2, -0.15) is 0 Å². The molecule has 3 aromatic rings. The summed E-state index contributed by atoms with van der Waals surface area (Å²) in [5.74, 6) is 0.590. The van der Waals surface area contributed by atoms with Crippen molar-refractivity contribution in [2.75, 3.05) is 26.7 Å². The molecular formula is C23H24N4O2. The van der Waals surface area contributed by atoms with Gasteiger partial charge in [0.25, 0.3) is 11.5 Å². The van der Waals surface area contributed by atoms with Gasteiger partial charge in [0.05, 0.1) is 0 Å². The SMILES string of the molecule is Cc1ccccc1[C@@H]1[C@@H]2CN(C(=O)c3cnc4ccccn4c3=O)C[C@@H]2CN1C. The third-order valence-electron chi connectivity index (χ3n) is 6.53. The molecule has 0 spiro atoms. The Morgan fingerprint density at radius 2 is 1.86 bits per heavy atom. The average molecular weight is 388 g/mol. The van der Waals surface area contributed by atoms with E-state index in [0.717, 1.165) is 6.54 Å². The van der Waals surface area contributed by atoms with Gasteiger partial charge in [0.2, 0.25) is 0 Å². The van der Waals surface area contributed by atoms with Gasteiger partial charge in [-0.05, 0) is 43.1 Å². The summed E-state index contributed by atoms with van der Waals surface area (Å²) in [5.41, 5.74) is 3.02. The molecule has 2 aliphatic rings. The Kier molecular flexibility index (Phi) is 4.24. The minimum atomic E-state index is -0.301. The number of pyridine rings is 1. The minimum absolute atomic E-state index is 0.148. The summed E-state index contributed by atoms with van der Waals surface area (Å²) in [7, 11) is 2.17. The number of fused-ring (bicyclic) bond motifs is 2. The maximum absolute atomic E-state index is 13.2. The van der Waals surface area contributed by atoms with Crippen LogP contribution in [0.5, 0.6) is 0 Å². The summed E-state index contributed by atoms with van der Waals surface area (Å²) in [5, 5.41) is 0. The number of hydrogen-bond acceptors (Lipinski definition) is 4. The summed E-state index contributed by atoms with van der Waals surface area (Å²) in [6.07, 6.45) is 3.09. The zero-order chi connectivity index (χ0) is 20.1. The Morgan fingerprint density at radius 3 is 2.69 bits per heavy atom. The van der Waals surface area contributed by atoms with E-state index in [0.29, 0.717) is 36.6 Å². The topological polar surface area (TPSA) is 57.9 Å². The number of rotatable bonds is 2. The predicted octanol–water partition coefficient (Wildman–Crippen LogP) is 2.38. The van der Waals surface area contributed by atoms with Crippen LogP contribution < -0.4 is 5.56 Å². The molecule has 0 bridgehead atoms. The van der Waals surface area contributed by atoms with E-state index in [9.17, 15) is 9.59 Å². The van der Waals surface area contributed by atoms with Gasteiger partial charge in [0.1, 0.15) is 11.2 Å². The second kappa shape index (κ2) is 6.81. The highest BCUT2D eigenvalue weighted by Crippen LogP contribution is 2.44. The summed E-state index contributed by atoms with van der Waals surface area (Å²) in [6, 6.07) is 14.2. The predicted molar refractivity (Wildman–Crippen MR) is 111 cm³/mol. The highest BCUT2D eigenvalue weighted by atomic mass is 16.2. The minimum Gasteiger partial charge on any atom is -0.338 e. The molecule has 0 saturated carbocycles. The zero-order valence-electron chi connectivity index (χ0n) is 16.7. The van der Waals surface area contributed by atoms with Crippen molar-refractivity contribution >= 4 is 11.6 Å².